The van der Waals surface area contributed by atoms with E-state index in [-0.39, 0.29) is 0 Å². The Labute approximate surface area is 129 Å². The Kier molecular flexibility index (Phi) is 4.76. The normalized spacial score (nSPS) is 16.8. The van der Waals surface area contributed by atoms with Crippen molar-refractivity contribution in [3.05, 3.63) is 60.7 Å². The maximum atomic E-state index is 2.42. The van der Waals surface area contributed by atoms with Crippen LogP contribution in [0.15, 0.2) is 60.7 Å². The molecule has 1 aliphatic carbocycles. The zero-order valence-electron chi connectivity index (χ0n) is 13.0. The maximum absolute atomic E-state index is 2.42. The number of hydrogen-bond donors (Lipinski definition) is 0. The Morgan fingerprint density at radius 3 is 1.67 bits per heavy atom. The van der Waals surface area contributed by atoms with Crippen LogP contribution in [0.5, 0.6) is 0 Å². The molecule has 0 amide bonds. The molecule has 1 saturated carbocycles. The zero-order valence-corrected chi connectivity index (χ0v) is 13.9. The summed E-state index contributed by atoms with van der Waals surface area (Å²) in [6, 6.07) is 22.8. The lowest BCUT2D eigenvalue weighted by molar-refractivity contribution is 0.510. The van der Waals surface area contributed by atoms with E-state index in [0.29, 0.717) is 0 Å². The Balaban J connectivity index is 2.12. The van der Waals surface area contributed by atoms with Gasteiger partial charge in [-0.3, -0.25) is 0 Å². The van der Waals surface area contributed by atoms with Crippen LogP contribution in [-0.2, 0) is 0 Å². The second kappa shape index (κ2) is 6.75. The van der Waals surface area contributed by atoms with Crippen LogP contribution < -0.4 is 10.6 Å². The first-order valence-corrected chi connectivity index (χ1v) is 10.4. The molecule has 0 bridgehead atoms. The first-order valence-electron chi connectivity index (χ1n) is 8.37. The fraction of sp³-hybridized carbons (Fsp3) is 0.400. The fourth-order valence-corrected chi connectivity index (χ4v) is 9.15. The van der Waals surface area contributed by atoms with Crippen molar-refractivity contribution in [3.63, 3.8) is 0 Å². The lowest BCUT2D eigenvalue weighted by Crippen LogP contribution is -2.34. The largest absolute Gasteiger partial charge is 0.0994 e. The molecule has 1 fully saturated rings. The smallest absolute Gasteiger partial charge is 0.0620 e. The highest BCUT2D eigenvalue weighted by Gasteiger charge is 2.48. The number of benzene rings is 2. The van der Waals surface area contributed by atoms with E-state index in [1.54, 1.807) is 10.6 Å². The molecule has 0 unspecified atom stereocenters. The van der Waals surface area contributed by atoms with Gasteiger partial charge in [0.15, 0.2) is 0 Å². The Morgan fingerprint density at radius 2 is 1.24 bits per heavy atom. The molecule has 0 N–H and O–H groups in total. The van der Waals surface area contributed by atoms with Gasteiger partial charge in [-0.1, -0.05) is 42.8 Å². The van der Waals surface area contributed by atoms with Gasteiger partial charge < -0.3 is 0 Å². The van der Waals surface area contributed by atoms with Gasteiger partial charge in [0, 0.05) is 0 Å². The van der Waals surface area contributed by atoms with Gasteiger partial charge >= 0.3 is 0 Å². The van der Waals surface area contributed by atoms with Crippen molar-refractivity contribution in [1.29, 1.82) is 0 Å². The monoisotopic (exact) mass is 297 g/mol. The summed E-state index contributed by atoms with van der Waals surface area (Å²) in [4.78, 5) is 0. The topological polar surface area (TPSA) is 0 Å². The first kappa shape index (κ1) is 14.8. The SMILES string of the molecule is CC[P+](c1ccccc1)(c1ccccc1)C1CCCCC1. The number of rotatable bonds is 4. The van der Waals surface area contributed by atoms with Gasteiger partial charge in [0.25, 0.3) is 0 Å². The Morgan fingerprint density at radius 1 is 0.762 bits per heavy atom. The van der Waals surface area contributed by atoms with E-state index in [9.17, 15) is 0 Å². The Hall–Kier alpha value is -1.13. The lowest BCUT2D eigenvalue weighted by atomic mass is 10.0. The third-order valence-electron chi connectivity index (χ3n) is 5.13. The molecule has 0 aliphatic heterocycles. The van der Waals surface area contributed by atoms with Crippen LogP contribution in [0.3, 0.4) is 0 Å². The highest BCUT2D eigenvalue weighted by molar-refractivity contribution is 7.90. The van der Waals surface area contributed by atoms with Crippen molar-refractivity contribution < 1.29 is 0 Å². The van der Waals surface area contributed by atoms with Crippen molar-refractivity contribution in [1.82, 2.24) is 0 Å². The summed E-state index contributed by atoms with van der Waals surface area (Å²) in [5.74, 6) is 0. The van der Waals surface area contributed by atoms with Crippen LogP contribution in [0, 0.1) is 0 Å². The Bertz CT molecular complexity index is 501. The van der Waals surface area contributed by atoms with Crippen LogP contribution >= 0.6 is 7.26 Å². The molecule has 21 heavy (non-hydrogen) atoms. The molecular formula is C20H26P+. The minimum absolute atomic E-state index is 0.890. The van der Waals surface area contributed by atoms with Crippen LogP contribution in [0.1, 0.15) is 39.0 Å². The second-order valence-corrected chi connectivity index (χ2v) is 10.3. The molecule has 0 atom stereocenters. The summed E-state index contributed by atoms with van der Waals surface area (Å²) in [5.41, 5.74) is 0.890. The summed E-state index contributed by atoms with van der Waals surface area (Å²) >= 11 is 0. The molecule has 0 nitrogen and oxygen atoms in total. The predicted octanol–water partition coefficient (Wildman–Crippen LogP) is 5.01. The molecule has 1 heteroatoms. The molecule has 2 aromatic carbocycles. The van der Waals surface area contributed by atoms with E-state index < -0.39 is 7.26 Å². The molecule has 0 heterocycles. The van der Waals surface area contributed by atoms with E-state index in [0.717, 1.165) is 5.66 Å². The van der Waals surface area contributed by atoms with Crippen molar-refractivity contribution in [2.24, 2.45) is 0 Å². The fourth-order valence-electron chi connectivity index (χ4n) is 4.10. The molecular weight excluding hydrogens is 271 g/mol. The molecule has 1 aliphatic rings. The summed E-state index contributed by atoms with van der Waals surface area (Å²) in [6.07, 6.45) is 8.42. The summed E-state index contributed by atoms with van der Waals surface area (Å²) in [6.45, 7) is 2.42. The standard InChI is InChI=1S/C20H26P/c1-2-21(18-12-6-3-7-13-18,19-14-8-4-9-15-19)20-16-10-5-11-17-20/h3-4,6-9,12-15,20H,2,5,10-11,16-17H2,1H3/q+1. The number of hydrogen-bond acceptors (Lipinski definition) is 0. The molecule has 0 saturated heterocycles. The van der Waals surface area contributed by atoms with Gasteiger partial charge in [0.1, 0.15) is 0 Å². The van der Waals surface area contributed by atoms with Gasteiger partial charge in [0.05, 0.1) is 29.7 Å². The third kappa shape index (κ3) is 2.79. The molecule has 110 valence electrons. The van der Waals surface area contributed by atoms with Gasteiger partial charge in [-0.15, -0.1) is 0 Å². The van der Waals surface area contributed by atoms with E-state index in [4.69, 9.17) is 0 Å². The minimum Gasteiger partial charge on any atom is -0.0620 e. The van der Waals surface area contributed by atoms with E-state index >= 15 is 0 Å². The van der Waals surface area contributed by atoms with Gasteiger partial charge in [0.2, 0.25) is 0 Å². The maximum Gasteiger partial charge on any atom is 0.0994 e. The third-order valence-corrected chi connectivity index (χ3v) is 10.3. The lowest BCUT2D eigenvalue weighted by Gasteiger charge is -2.36. The molecule has 3 rings (SSSR count). The summed E-state index contributed by atoms with van der Waals surface area (Å²) < 4.78 is 0. The molecule has 0 aromatic heterocycles. The van der Waals surface area contributed by atoms with Crippen molar-refractivity contribution in [2.45, 2.75) is 44.7 Å². The van der Waals surface area contributed by atoms with Crippen molar-refractivity contribution >= 4 is 17.9 Å². The average Bonchev–Trinajstić information content (AvgIpc) is 2.59. The van der Waals surface area contributed by atoms with Gasteiger partial charge in [-0.05, 0) is 56.9 Å². The predicted molar refractivity (Wildman–Crippen MR) is 96.5 cm³/mol. The molecule has 2 aromatic rings. The van der Waals surface area contributed by atoms with E-state index in [1.165, 1.54) is 38.3 Å². The zero-order chi connectivity index (χ0) is 14.5. The van der Waals surface area contributed by atoms with Crippen molar-refractivity contribution in [3.8, 4) is 0 Å². The first-order chi connectivity index (χ1) is 10.4. The van der Waals surface area contributed by atoms with Crippen LogP contribution in [0.2, 0.25) is 0 Å². The van der Waals surface area contributed by atoms with Gasteiger partial charge in [-0.25, -0.2) is 0 Å². The molecule has 0 radical (unpaired) electrons. The van der Waals surface area contributed by atoms with Crippen molar-refractivity contribution in [2.75, 3.05) is 6.16 Å². The summed E-state index contributed by atoms with van der Waals surface area (Å²) in [5, 5.41) is 3.23. The minimum atomic E-state index is -1.26. The summed E-state index contributed by atoms with van der Waals surface area (Å²) in [7, 11) is -1.26. The van der Waals surface area contributed by atoms with Crippen LogP contribution in [-0.4, -0.2) is 11.8 Å². The van der Waals surface area contributed by atoms with Crippen LogP contribution in [0.4, 0.5) is 0 Å². The van der Waals surface area contributed by atoms with E-state index in [1.807, 2.05) is 0 Å². The highest BCUT2D eigenvalue weighted by atomic mass is 31.2. The van der Waals surface area contributed by atoms with Crippen LogP contribution in [0.25, 0.3) is 0 Å². The quantitative estimate of drug-likeness (QED) is 0.696. The van der Waals surface area contributed by atoms with E-state index in [2.05, 4.69) is 67.6 Å². The average molecular weight is 297 g/mol. The van der Waals surface area contributed by atoms with Gasteiger partial charge in [-0.2, -0.15) is 0 Å². The second-order valence-electron chi connectivity index (χ2n) is 6.15. The molecule has 0 spiro atoms. The highest BCUT2D eigenvalue weighted by Crippen LogP contribution is 2.63.